The molecule has 0 aliphatic rings. The first-order valence-electron chi connectivity index (χ1n) is 8.03. The van der Waals surface area contributed by atoms with Crippen molar-refractivity contribution in [2.45, 2.75) is 13.0 Å². The summed E-state index contributed by atoms with van der Waals surface area (Å²) in [5.74, 6) is 0.612. The van der Waals surface area contributed by atoms with E-state index < -0.39 is 0 Å². The number of para-hydroxylation sites is 2. The predicted octanol–water partition coefficient (Wildman–Crippen LogP) is 4.59. The Kier molecular flexibility index (Phi) is 7.10. The number of nitrogens with one attached hydrogen (secondary N) is 1. The minimum absolute atomic E-state index is 0.0983. The number of urea groups is 1. The Hall–Kier alpha value is -2.24. The van der Waals surface area contributed by atoms with Gasteiger partial charge >= 0.3 is 6.03 Å². The lowest BCUT2D eigenvalue weighted by Crippen LogP contribution is -2.33. The normalized spacial score (nSPS) is 11.7. The number of amides is 2. The summed E-state index contributed by atoms with van der Waals surface area (Å²) in [7, 11) is 3.37. The lowest BCUT2D eigenvalue weighted by atomic mass is 10.1. The van der Waals surface area contributed by atoms with Crippen LogP contribution in [0.15, 0.2) is 48.5 Å². The molecule has 0 spiro atoms. The van der Waals surface area contributed by atoms with E-state index in [1.807, 2.05) is 49.4 Å². The van der Waals surface area contributed by atoms with Gasteiger partial charge in [0.25, 0.3) is 0 Å². The molecular formula is C19H23ClN2O3. The maximum Gasteiger partial charge on any atom is 0.322 e. The Morgan fingerprint density at radius 3 is 2.52 bits per heavy atom. The summed E-state index contributed by atoms with van der Waals surface area (Å²) in [6.45, 7) is 2.86. The number of ether oxygens (including phenoxy) is 2. The molecule has 0 bridgehead atoms. The fourth-order valence-electron chi connectivity index (χ4n) is 2.27. The summed E-state index contributed by atoms with van der Waals surface area (Å²) in [6.07, 6.45) is 0. The highest BCUT2D eigenvalue weighted by molar-refractivity contribution is 6.30. The standard InChI is InChI=1S/C19H23ClN2O3/c1-14(15-8-10-16(20)11-9-15)22(2)19(23)21-17-6-4-5-7-18(17)25-13-12-24-3/h4-11,14H,12-13H2,1-3H3,(H,21,23). The van der Waals surface area contributed by atoms with Crippen LogP contribution in [-0.4, -0.2) is 38.3 Å². The number of hydrogen-bond donors (Lipinski definition) is 1. The van der Waals surface area contributed by atoms with Crippen LogP contribution in [0.5, 0.6) is 5.75 Å². The summed E-state index contributed by atoms with van der Waals surface area (Å²) in [6, 6.07) is 14.5. The number of nitrogens with zero attached hydrogens (tertiary/aromatic N) is 1. The summed E-state index contributed by atoms with van der Waals surface area (Å²) in [5.41, 5.74) is 1.63. The van der Waals surface area contributed by atoms with Crippen LogP contribution in [0.25, 0.3) is 0 Å². The van der Waals surface area contributed by atoms with Gasteiger partial charge in [0.05, 0.1) is 18.3 Å². The quantitative estimate of drug-likeness (QED) is 0.733. The van der Waals surface area contributed by atoms with Crippen molar-refractivity contribution in [3.8, 4) is 5.75 Å². The molecule has 2 rings (SSSR count). The zero-order valence-electron chi connectivity index (χ0n) is 14.7. The number of carbonyl (C=O) groups excluding carboxylic acids is 1. The molecule has 134 valence electrons. The van der Waals surface area contributed by atoms with Crippen LogP contribution in [0.2, 0.25) is 5.02 Å². The number of halogens is 1. The van der Waals surface area contributed by atoms with Gasteiger partial charge in [-0.1, -0.05) is 35.9 Å². The van der Waals surface area contributed by atoms with E-state index >= 15 is 0 Å². The Labute approximate surface area is 153 Å². The van der Waals surface area contributed by atoms with Crippen molar-refractivity contribution in [2.24, 2.45) is 0 Å². The number of carbonyl (C=O) groups is 1. The average Bonchev–Trinajstić information content (AvgIpc) is 2.62. The molecule has 0 aliphatic heterocycles. The Bertz CT molecular complexity index is 691. The van der Waals surface area contributed by atoms with E-state index in [0.717, 1.165) is 5.56 Å². The van der Waals surface area contributed by atoms with E-state index in [0.29, 0.717) is 29.7 Å². The zero-order valence-corrected chi connectivity index (χ0v) is 15.4. The largest absolute Gasteiger partial charge is 0.489 e. The Balaban J connectivity index is 2.04. The Morgan fingerprint density at radius 1 is 1.16 bits per heavy atom. The number of rotatable bonds is 7. The highest BCUT2D eigenvalue weighted by Gasteiger charge is 2.18. The topological polar surface area (TPSA) is 50.8 Å². The van der Waals surface area contributed by atoms with Crippen molar-refractivity contribution in [3.05, 3.63) is 59.1 Å². The van der Waals surface area contributed by atoms with Gasteiger partial charge < -0.3 is 19.7 Å². The average molecular weight is 363 g/mol. The number of benzene rings is 2. The van der Waals surface area contributed by atoms with Crippen LogP contribution in [-0.2, 0) is 4.74 Å². The third-order valence-corrected chi connectivity index (χ3v) is 4.18. The number of anilines is 1. The second kappa shape index (κ2) is 9.30. The fraction of sp³-hybridized carbons (Fsp3) is 0.316. The first-order valence-corrected chi connectivity index (χ1v) is 8.40. The van der Waals surface area contributed by atoms with Gasteiger partial charge in [-0.05, 0) is 36.8 Å². The van der Waals surface area contributed by atoms with E-state index in [1.165, 1.54) is 0 Å². The van der Waals surface area contributed by atoms with Gasteiger partial charge in [-0.3, -0.25) is 0 Å². The first kappa shape index (κ1) is 19.1. The summed E-state index contributed by atoms with van der Waals surface area (Å²) < 4.78 is 10.6. The van der Waals surface area contributed by atoms with E-state index in [-0.39, 0.29) is 12.1 Å². The van der Waals surface area contributed by atoms with Gasteiger partial charge in [0.15, 0.2) is 0 Å². The second-order valence-electron chi connectivity index (χ2n) is 5.61. The minimum Gasteiger partial charge on any atom is -0.489 e. The van der Waals surface area contributed by atoms with Crippen molar-refractivity contribution in [3.63, 3.8) is 0 Å². The lowest BCUT2D eigenvalue weighted by Gasteiger charge is -2.26. The predicted molar refractivity (Wildman–Crippen MR) is 100 cm³/mol. The second-order valence-corrected chi connectivity index (χ2v) is 6.04. The summed E-state index contributed by atoms with van der Waals surface area (Å²) in [5, 5.41) is 3.57. The Morgan fingerprint density at radius 2 is 1.84 bits per heavy atom. The molecule has 0 aromatic heterocycles. The highest BCUT2D eigenvalue weighted by atomic mass is 35.5. The molecule has 0 saturated carbocycles. The maximum absolute atomic E-state index is 12.6. The molecule has 2 aromatic carbocycles. The van der Waals surface area contributed by atoms with Crippen molar-refractivity contribution in [1.29, 1.82) is 0 Å². The molecule has 0 heterocycles. The third kappa shape index (κ3) is 5.37. The minimum atomic E-state index is -0.217. The smallest absolute Gasteiger partial charge is 0.322 e. The van der Waals surface area contributed by atoms with Gasteiger partial charge in [0.2, 0.25) is 0 Å². The molecule has 1 unspecified atom stereocenters. The molecule has 5 nitrogen and oxygen atoms in total. The zero-order chi connectivity index (χ0) is 18.2. The van der Waals surface area contributed by atoms with Gasteiger partial charge in [-0.25, -0.2) is 4.79 Å². The van der Waals surface area contributed by atoms with Crippen LogP contribution >= 0.6 is 11.6 Å². The molecule has 1 atom stereocenters. The van der Waals surface area contributed by atoms with Crippen molar-refractivity contribution >= 4 is 23.3 Å². The number of hydrogen-bond acceptors (Lipinski definition) is 3. The molecular weight excluding hydrogens is 340 g/mol. The van der Waals surface area contributed by atoms with Crippen LogP contribution < -0.4 is 10.1 Å². The van der Waals surface area contributed by atoms with Crippen molar-refractivity contribution < 1.29 is 14.3 Å². The van der Waals surface area contributed by atoms with Crippen molar-refractivity contribution in [1.82, 2.24) is 4.90 Å². The molecule has 0 saturated heterocycles. The van der Waals surface area contributed by atoms with E-state index in [1.54, 1.807) is 25.1 Å². The van der Waals surface area contributed by atoms with E-state index in [9.17, 15) is 4.79 Å². The molecule has 0 radical (unpaired) electrons. The monoisotopic (exact) mass is 362 g/mol. The molecule has 6 heteroatoms. The molecule has 1 N–H and O–H groups in total. The molecule has 0 fully saturated rings. The first-order chi connectivity index (χ1) is 12.0. The van der Waals surface area contributed by atoms with E-state index in [2.05, 4.69) is 5.32 Å². The van der Waals surface area contributed by atoms with Gasteiger partial charge in [-0.15, -0.1) is 0 Å². The van der Waals surface area contributed by atoms with Crippen molar-refractivity contribution in [2.75, 3.05) is 32.7 Å². The number of methoxy groups -OCH3 is 1. The van der Waals surface area contributed by atoms with Gasteiger partial charge in [0.1, 0.15) is 12.4 Å². The van der Waals surface area contributed by atoms with E-state index in [4.69, 9.17) is 21.1 Å². The lowest BCUT2D eigenvalue weighted by molar-refractivity contribution is 0.146. The fourth-order valence-corrected chi connectivity index (χ4v) is 2.40. The SMILES string of the molecule is COCCOc1ccccc1NC(=O)N(C)C(C)c1ccc(Cl)cc1. The molecule has 0 aliphatic carbocycles. The van der Waals surface area contributed by atoms with Crippen LogP contribution in [0.4, 0.5) is 10.5 Å². The summed E-state index contributed by atoms with van der Waals surface area (Å²) >= 11 is 5.92. The molecule has 2 aromatic rings. The maximum atomic E-state index is 12.6. The van der Waals surface area contributed by atoms with Crippen LogP contribution in [0, 0.1) is 0 Å². The van der Waals surface area contributed by atoms with Gasteiger partial charge in [0, 0.05) is 19.2 Å². The van der Waals surface area contributed by atoms with Crippen LogP contribution in [0.1, 0.15) is 18.5 Å². The van der Waals surface area contributed by atoms with Gasteiger partial charge in [-0.2, -0.15) is 0 Å². The van der Waals surface area contributed by atoms with Crippen LogP contribution in [0.3, 0.4) is 0 Å². The summed E-state index contributed by atoms with van der Waals surface area (Å²) in [4.78, 5) is 14.2. The highest BCUT2D eigenvalue weighted by Crippen LogP contribution is 2.26. The third-order valence-electron chi connectivity index (χ3n) is 3.93. The molecule has 25 heavy (non-hydrogen) atoms. The molecule has 2 amide bonds.